The van der Waals surface area contributed by atoms with E-state index in [1.807, 2.05) is 0 Å². The highest BCUT2D eigenvalue weighted by atomic mass is 15.1. The summed E-state index contributed by atoms with van der Waals surface area (Å²) in [6, 6.07) is 10.9. The molecule has 3 rings (SSSR count). The lowest BCUT2D eigenvalue weighted by Gasteiger charge is -2.33. The first kappa shape index (κ1) is 12.3. The first-order chi connectivity index (χ1) is 9.24. The van der Waals surface area contributed by atoms with E-state index >= 15 is 0 Å². The maximum Gasteiger partial charge on any atom is 0.0453 e. The third kappa shape index (κ3) is 2.53. The molecule has 2 aromatic rings. The van der Waals surface area contributed by atoms with Gasteiger partial charge in [0.25, 0.3) is 0 Å². The highest BCUT2D eigenvalue weighted by Crippen LogP contribution is 2.27. The van der Waals surface area contributed by atoms with Crippen LogP contribution in [0.25, 0.3) is 5.69 Å². The van der Waals surface area contributed by atoms with Gasteiger partial charge in [0.05, 0.1) is 0 Å². The van der Waals surface area contributed by atoms with Gasteiger partial charge in [0.1, 0.15) is 0 Å². The minimum atomic E-state index is 0.885. The number of aryl methyl sites for hydroxylation is 1. The average Bonchev–Trinajstić information content (AvgIpc) is 2.94. The van der Waals surface area contributed by atoms with Crippen LogP contribution in [0, 0.1) is 12.8 Å². The average molecular weight is 254 g/mol. The minimum Gasteiger partial charge on any atom is -0.371 e. The predicted octanol–water partition coefficient (Wildman–Crippen LogP) is 4.02. The van der Waals surface area contributed by atoms with Crippen molar-refractivity contribution in [3.05, 3.63) is 48.3 Å². The molecular formula is C17H22N2. The van der Waals surface area contributed by atoms with Crippen LogP contribution >= 0.6 is 0 Å². The van der Waals surface area contributed by atoms with Crippen molar-refractivity contribution >= 4 is 5.69 Å². The van der Waals surface area contributed by atoms with Gasteiger partial charge < -0.3 is 9.47 Å². The first-order valence-electron chi connectivity index (χ1n) is 7.23. The molecule has 1 saturated heterocycles. The molecule has 2 heterocycles. The Morgan fingerprint density at radius 3 is 2.37 bits per heavy atom. The van der Waals surface area contributed by atoms with Gasteiger partial charge in [0.2, 0.25) is 0 Å². The van der Waals surface area contributed by atoms with Crippen LogP contribution in [0.4, 0.5) is 5.69 Å². The molecule has 1 aliphatic heterocycles. The summed E-state index contributed by atoms with van der Waals surface area (Å²) in [5.74, 6) is 0.885. The summed E-state index contributed by atoms with van der Waals surface area (Å²) in [7, 11) is 0. The maximum absolute atomic E-state index is 2.54. The summed E-state index contributed by atoms with van der Waals surface area (Å²) < 4.78 is 2.16. The number of anilines is 1. The Hall–Kier alpha value is -1.70. The molecule has 2 heteroatoms. The molecule has 0 unspecified atom stereocenters. The molecule has 1 aromatic heterocycles. The molecule has 2 nitrogen and oxygen atoms in total. The lowest BCUT2D eigenvalue weighted by atomic mass is 9.98. The van der Waals surface area contributed by atoms with Crippen LogP contribution in [0.1, 0.15) is 25.3 Å². The third-order valence-electron chi connectivity index (χ3n) is 4.21. The van der Waals surface area contributed by atoms with E-state index in [4.69, 9.17) is 0 Å². The zero-order valence-corrected chi connectivity index (χ0v) is 11.8. The van der Waals surface area contributed by atoms with E-state index in [1.54, 1.807) is 0 Å². The van der Waals surface area contributed by atoms with E-state index in [-0.39, 0.29) is 0 Å². The molecule has 0 amide bonds. The Bertz CT molecular complexity index is 534. The molecule has 0 spiro atoms. The van der Waals surface area contributed by atoms with Gasteiger partial charge in [0.15, 0.2) is 0 Å². The smallest absolute Gasteiger partial charge is 0.0453 e. The van der Waals surface area contributed by atoms with Crippen molar-refractivity contribution < 1.29 is 0 Å². The summed E-state index contributed by atoms with van der Waals surface area (Å²) in [5, 5.41) is 0. The normalized spacial score (nSPS) is 16.8. The molecule has 0 bridgehead atoms. The molecule has 19 heavy (non-hydrogen) atoms. The fourth-order valence-corrected chi connectivity index (χ4v) is 2.91. The van der Waals surface area contributed by atoms with Gasteiger partial charge >= 0.3 is 0 Å². The molecule has 100 valence electrons. The van der Waals surface area contributed by atoms with Gasteiger partial charge in [-0.2, -0.15) is 0 Å². The number of aromatic nitrogens is 1. The second-order valence-electron chi connectivity index (χ2n) is 5.73. The van der Waals surface area contributed by atoms with Gasteiger partial charge in [-0.3, -0.25) is 0 Å². The van der Waals surface area contributed by atoms with E-state index in [1.165, 1.54) is 42.9 Å². The van der Waals surface area contributed by atoms with E-state index in [0.29, 0.717) is 0 Å². The van der Waals surface area contributed by atoms with Crippen LogP contribution in [-0.4, -0.2) is 17.7 Å². The molecule has 1 aromatic carbocycles. The highest BCUT2D eigenvalue weighted by molar-refractivity contribution is 5.57. The highest BCUT2D eigenvalue weighted by Gasteiger charge is 2.17. The van der Waals surface area contributed by atoms with E-state index in [9.17, 15) is 0 Å². The summed E-state index contributed by atoms with van der Waals surface area (Å²) in [6.45, 7) is 6.98. The van der Waals surface area contributed by atoms with E-state index < -0.39 is 0 Å². The van der Waals surface area contributed by atoms with Crippen molar-refractivity contribution in [3.63, 3.8) is 0 Å². The minimum absolute atomic E-state index is 0.885. The topological polar surface area (TPSA) is 8.17 Å². The maximum atomic E-state index is 2.54. The van der Waals surface area contributed by atoms with Gasteiger partial charge in [0, 0.05) is 36.9 Å². The van der Waals surface area contributed by atoms with Crippen LogP contribution in [-0.2, 0) is 0 Å². The van der Waals surface area contributed by atoms with Crippen LogP contribution < -0.4 is 4.90 Å². The Labute approximate surface area is 115 Å². The summed E-state index contributed by atoms with van der Waals surface area (Å²) in [6.07, 6.45) is 6.83. The van der Waals surface area contributed by atoms with Crippen molar-refractivity contribution in [3.8, 4) is 5.69 Å². The summed E-state index contributed by atoms with van der Waals surface area (Å²) in [5.41, 5.74) is 4.03. The van der Waals surface area contributed by atoms with Gasteiger partial charge in [-0.05, 0) is 61.6 Å². The third-order valence-corrected chi connectivity index (χ3v) is 4.21. The molecule has 0 atom stereocenters. The van der Waals surface area contributed by atoms with Gasteiger partial charge in [-0.15, -0.1) is 0 Å². The standard InChI is InChI=1S/C17H22N2/c1-14-7-11-19(12-8-14)17-6-5-16(13-15(17)2)18-9-3-4-10-18/h3-6,9-10,13-14H,7-8,11-12H2,1-2H3. The largest absolute Gasteiger partial charge is 0.371 e. The van der Waals surface area contributed by atoms with Crippen LogP contribution in [0.2, 0.25) is 0 Å². The predicted molar refractivity (Wildman–Crippen MR) is 81.1 cm³/mol. The summed E-state index contributed by atoms with van der Waals surface area (Å²) in [4.78, 5) is 2.54. The molecule has 0 N–H and O–H groups in total. The van der Waals surface area contributed by atoms with Crippen molar-refractivity contribution in [2.75, 3.05) is 18.0 Å². The lowest BCUT2D eigenvalue weighted by molar-refractivity contribution is 0.438. The van der Waals surface area contributed by atoms with Crippen LogP contribution in [0.15, 0.2) is 42.7 Å². The fourth-order valence-electron chi connectivity index (χ4n) is 2.91. The SMILES string of the molecule is Cc1cc(-n2cccc2)ccc1N1CCC(C)CC1. The Balaban J connectivity index is 1.84. The second kappa shape index (κ2) is 5.12. The van der Waals surface area contributed by atoms with Crippen molar-refractivity contribution in [2.45, 2.75) is 26.7 Å². The second-order valence-corrected chi connectivity index (χ2v) is 5.73. The quantitative estimate of drug-likeness (QED) is 0.785. The Kier molecular flexibility index (Phi) is 3.33. The number of hydrogen-bond acceptors (Lipinski definition) is 1. The Morgan fingerprint density at radius 2 is 1.74 bits per heavy atom. The van der Waals surface area contributed by atoms with Gasteiger partial charge in [-0.1, -0.05) is 6.92 Å². The van der Waals surface area contributed by atoms with E-state index in [2.05, 4.69) is 66.0 Å². The van der Waals surface area contributed by atoms with Crippen LogP contribution in [0.5, 0.6) is 0 Å². The molecule has 1 aliphatic rings. The zero-order chi connectivity index (χ0) is 13.2. The van der Waals surface area contributed by atoms with Crippen molar-refractivity contribution in [1.82, 2.24) is 4.57 Å². The monoisotopic (exact) mass is 254 g/mol. The molecule has 1 fully saturated rings. The lowest BCUT2D eigenvalue weighted by Crippen LogP contribution is -2.33. The number of hydrogen-bond donors (Lipinski definition) is 0. The van der Waals surface area contributed by atoms with E-state index in [0.717, 1.165) is 5.92 Å². The molecular weight excluding hydrogens is 232 g/mol. The zero-order valence-electron chi connectivity index (χ0n) is 11.8. The van der Waals surface area contributed by atoms with Crippen molar-refractivity contribution in [1.29, 1.82) is 0 Å². The van der Waals surface area contributed by atoms with Crippen LogP contribution in [0.3, 0.4) is 0 Å². The fraction of sp³-hybridized carbons (Fsp3) is 0.412. The number of rotatable bonds is 2. The number of benzene rings is 1. The first-order valence-corrected chi connectivity index (χ1v) is 7.23. The molecule has 0 saturated carbocycles. The number of piperidine rings is 1. The van der Waals surface area contributed by atoms with Crippen molar-refractivity contribution in [2.24, 2.45) is 5.92 Å². The summed E-state index contributed by atoms with van der Waals surface area (Å²) >= 11 is 0. The Morgan fingerprint density at radius 1 is 1.05 bits per heavy atom. The van der Waals surface area contributed by atoms with Gasteiger partial charge in [-0.25, -0.2) is 0 Å². The molecule has 0 aliphatic carbocycles. The number of nitrogens with zero attached hydrogens (tertiary/aromatic N) is 2. The molecule has 0 radical (unpaired) electrons.